The highest BCUT2D eigenvalue weighted by atomic mass is 16.3. The minimum absolute atomic E-state index is 0.109. The molecule has 0 spiro atoms. The maximum Gasteiger partial charge on any atom is 0.136 e. The number of fused-ring (bicyclic) bond motifs is 9. The van der Waals surface area contributed by atoms with Crippen molar-refractivity contribution in [2.45, 2.75) is 19.3 Å². The molecule has 0 fully saturated rings. The molecule has 2 heteroatoms. The number of nitrogens with zero attached hydrogens (tertiary/aromatic N) is 1. The van der Waals surface area contributed by atoms with Crippen molar-refractivity contribution in [2.24, 2.45) is 0 Å². The minimum atomic E-state index is -0.109. The van der Waals surface area contributed by atoms with Gasteiger partial charge in [0.05, 0.1) is 0 Å². The second-order valence-corrected chi connectivity index (χ2v) is 16.9. The molecule has 0 amide bonds. The first-order chi connectivity index (χ1) is 30.0. The summed E-state index contributed by atoms with van der Waals surface area (Å²) < 4.78 is 6.24. The molecule has 0 radical (unpaired) electrons. The first kappa shape index (κ1) is 35.3. The zero-order valence-electron chi connectivity index (χ0n) is 34.1. The summed E-state index contributed by atoms with van der Waals surface area (Å²) in [6.07, 6.45) is 0. The van der Waals surface area contributed by atoms with Crippen LogP contribution >= 0.6 is 0 Å². The van der Waals surface area contributed by atoms with Crippen LogP contribution in [-0.4, -0.2) is 0 Å². The molecule has 0 unspecified atom stereocenters. The van der Waals surface area contributed by atoms with Gasteiger partial charge >= 0.3 is 0 Å². The lowest BCUT2D eigenvalue weighted by Gasteiger charge is -2.28. The highest BCUT2D eigenvalue weighted by Gasteiger charge is 2.35. The Hall–Kier alpha value is -7.68. The Labute approximate surface area is 355 Å². The minimum Gasteiger partial charge on any atom is -0.456 e. The maximum absolute atomic E-state index is 6.24. The van der Waals surface area contributed by atoms with Crippen LogP contribution in [0.1, 0.15) is 25.0 Å². The third-order valence-electron chi connectivity index (χ3n) is 13.1. The molecule has 61 heavy (non-hydrogen) atoms. The molecule has 0 saturated carbocycles. The normalized spacial score (nSPS) is 12.9. The highest BCUT2D eigenvalue weighted by molar-refractivity contribution is 6.10. The lowest BCUT2D eigenvalue weighted by Crippen LogP contribution is -2.16. The maximum atomic E-state index is 6.24. The van der Waals surface area contributed by atoms with Gasteiger partial charge in [-0.1, -0.05) is 166 Å². The van der Waals surface area contributed by atoms with E-state index >= 15 is 0 Å². The number of hydrogen-bond donors (Lipinski definition) is 0. The summed E-state index contributed by atoms with van der Waals surface area (Å²) in [5, 5.41) is 7.20. The number of rotatable bonds is 6. The topological polar surface area (TPSA) is 16.4 Å². The van der Waals surface area contributed by atoms with Crippen LogP contribution in [0.4, 0.5) is 17.1 Å². The van der Waals surface area contributed by atoms with E-state index in [-0.39, 0.29) is 5.41 Å². The molecule has 1 aliphatic carbocycles. The van der Waals surface area contributed by atoms with E-state index in [4.69, 9.17) is 4.42 Å². The number of hydrogen-bond acceptors (Lipinski definition) is 2. The molecular weight excluding hydrogens is 739 g/mol. The second kappa shape index (κ2) is 13.7. The smallest absolute Gasteiger partial charge is 0.136 e. The Morgan fingerprint density at radius 3 is 1.61 bits per heavy atom. The summed E-state index contributed by atoms with van der Waals surface area (Å²) in [4.78, 5) is 2.42. The summed E-state index contributed by atoms with van der Waals surface area (Å²) >= 11 is 0. The molecule has 0 N–H and O–H groups in total. The van der Waals surface area contributed by atoms with Crippen LogP contribution in [0.25, 0.3) is 88.0 Å². The number of furan rings is 1. The molecule has 2 nitrogen and oxygen atoms in total. The standard InChI is InChI=1S/C59H41NO/c1-59(2)55-14-8-6-12-51(55)52-33-29-48(37-56(52)59)60(46-26-22-41(23-27-46)40-18-16-39(17-19-40)38-10-4-3-5-11-38)47-28-32-50-45(35-47)21-20-44-34-42(24-30-49(44)50)43-25-31-54-53-13-7-9-15-57(53)61-58(54)36-43/h3-37H,1-2H3. The van der Waals surface area contributed by atoms with E-state index < -0.39 is 0 Å². The fourth-order valence-corrected chi connectivity index (χ4v) is 9.85. The summed E-state index contributed by atoms with van der Waals surface area (Å²) in [5.74, 6) is 0. The first-order valence-electron chi connectivity index (χ1n) is 21.2. The largest absolute Gasteiger partial charge is 0.456 e. The van der Waals surface area contributed by atoms with Crippen molar-refractivity contribution in [1.82, 2.24) is 0 Å². The Bertz CT molecular complexity index is 3480. The van der Waals surface area contributed by atoms with Gasteiger partial charge in [-0.15, -0.1) is 0 Å². The van der Waals surface area contributed by atoms with E-state index in [0.717, 1.165) is 44.6 Å². The average molecular weight is 780 g/mol. The van der Waals surface area contributed by atoms with Gasteiger partial charge in [-0.3, -0.25) is 0 Å². The zero-order chi connectivity index (χ0) is 40.7. The van der Waals surface area contributed by atoms with Crippen LogP contribution in [-0.2, 0) is 5.41 Å². The van der Waals surface area contributed by atoms with Gasteiger partial charge in [0.15, 0.2) is 0 Å². The Kier molecular flexibility index (Phi) is 7.92. The molecule has 1 heterocycles. The van der Waals surface area contributed by atoms with E-state index in [1.807, 2.05) is 12.1 Å². The van der Waals surface area contributed by atoms with E-state index in [0.29, 0.717) is 0 Å². The van der Waals surface area contributed by atoms with Crippen molar-refractivity contribution in [3.8, 4) is 44.5 Å². The van der Waals surface area contributed by atoms with Crippen LogP contribution < -0.4 is 4.90 Å². The van der Waals surface area contributed by atoms with Crippen molar-refractivity contribution >= 4 is 60.5 Å². The lowest BCUT2D eigenvalue weighted by atomic mass is 9.82. The Balaban J connectivity index is 0.932. The molecule has 1 aliphatic rings. The van der Waals surface area contributed by atoms with E-state index in [9.17, 15) is 0 Å². The van der Waals surface area contributed by atoms with Gasteiger partial charge in [-0.2, -0.15) is 0 Å². The third-order valence-corrected chi connectivity index (χ3v) is 13.1. The molecule has 1 aromatic heterocycles. The summed E-state index contributed by atoms with van der Waals surface area (Å²) in [5.41, 5.74) is 17.7. The molecule has 0 bridgehead atoms. The van der Waals surface area contributed by atoms with Gasteiger partial charge in [0, 0.05) is 33.2 Å². The van der Waals surface area contributed by atoms with E-state index in [1.165, 1.54) is 71.6 Å². The fourth-order valence-electron chi connectivity index (χ4n) is 9.85. The van der Waals surface area contributed by atoms with Crippen LogP contribution in [0.5, 0.6) is 0 Å². The third kappa shape index (κ3) is 5.79. The van der Waals surface area contributed by atoms with E-state index in [1.54, 1.807) is 0 Å². The zero-order valence-corrected chi connectivity index (χ0v) is 34.1. The van der Waals surface area contributed by atoms with Crippen LogP contribution in [0.2, 0.25) is 0 Å². The summed E-state index contributed by atoms with van der Waals surface area (Å²) in [6.45, 7) is 4.71. The molecule has 288 valence electrons. The van der Waals surface area contributed by atoms with Crippen LogP contribution in [0.15, 0.2) is 217 Å². The number of benzene rings is 10. The van der Waals surface area contributed by atoms with Crippen molar-refractivity contribution in [1.29, 1.82) is 0 Å². The molecule has 10 aromatic carbocycles. The fraction of sp³-hybridized carbons (Fsp3) is 0.0508. The predicted molar refractivity (Wildman–Crippen MR) is 257 cm³/mol. The SMILES string of the molecule is CC1(C)c2ccccc2-c2ccc(N(c3ccc(-c4ccc(-c5ccccc5)cc4)cc3)c3ccc4c(ccc5cc(-c6ccc7c(c6)oc6ccccc67)ccc54)c3)cc21. The lowest BCUT2D eigenvalue weighted by molar-refractivity contribution is 0.660. The number of anilines is 3. The quantitative estimate of drug-likeness (QED) is 0.156. The summed E-state index contributed by atoms with van der Waals surface area (Å²) in [7, 11) is 0. The number of para-hydroxylation sites is 1. The van der Waals surface area contributed by atoms with Crippen molar-refractivity contribution in [3.63, 3.8) is 0 Å². The highest BCUT2D eigenvalue weighted by Crippen LogP contribution is 2.51. The Morgan fingerprint density at radius 1 is 0.328 bits per heavy atom. The molecule has 0 saturated heterocycles. The first-order valence-corrected chi connectivity index (χ1v) is 21.2. The molecule has 12 rings (SSSR count). The summed E-state index contributed by atoms with van der Waals surface area (Å²) in [6, 6.07) is 77.5. The molecule has 0 aliphatic heterocycles. The van der Waals surface area contributed by atoms with E-state index in [2.05, 4.69) is 219 Å². The van der Waals surface area contributed by atoms with Gasteiger partial charge in [-0.25, -0.2) is 0 Å². The molecule has 11 aromatic rings. The van der Waals surface area contributed by atoms with Crippen molar-refractivity contribution in [2.75, 3.05) is 4.90 Å². The van der Waals surface area contributed by atoms with Gasteiger partial charge in [0.1, 0.15) is 11.2 Å². The average Bonchev–Trinajstić information content (AvgIpc) is 3.80. The second-order valence-electron chi connectivity index (χ2n) is 16.9. The molecule has 0 atom stereocenters. The van der Waals surface area contributed by atoms with Gasteiger partial charge in [-0.05, 0) is 138 Å². The van der Waals surface area contributed by atoms with Gasteiger partial charge < -0.3 is 9.32 Å². The monoisotopic (exact) mass is 779 g/mol. The van der Waals surface area contributed by atoms with Gasteiger partial charge in [0.25, 0.3) is 0 Å². The van der Waals surface area contributed by atoms with Crippen LogP contribution in [0, 0.1) is 0 Å². The van der Waals surface area contributed by atoms with Crippen molar-refractivity contribution in [3.05, 3.63) is 223 Å². The predicted octanol–water partition coefficient (Wildman–Crippen LogP) is 16.7. The molecular formula is C59H41NO. The van der Waals surface area contributed by atoms with Crippen LogP contribution in [0.3, 0.4) is 0 Å². The van der Waals surface area contributed by atoms with Crippen molar-refractivity contribution < 1.29 is 4.42 Å². The van der Waals surface area contributed by atoms with Gasteiger partial charge in [0.2, 0.25) is 0 Å². The Morgan fingerprint density at radius 2 is 0.836 bits per heavy atom.